The quantitative estimate of drug-likeness (QED) is 0.394. The molecule has 0 radical (unpaired) electrons. The molecule has 180 valence electrons. The fourth-order valence-corrected chi connectivity index (χ4v) is 4.57. The van der Waals surface area contributed by atoms with E-state index < -0.39 is 11.7 Å². The fourth-order valence-electron chi connectivity index (χ4n) is 4.57. The first-order valence-electron chi connectivity index (χ1n) is 11.7. The minimum atomic E-state index is -0.662. The number of carbonyl (C=O) groups is 1. The molecule has 0 spiro atoms. The second-order valence-electron chi connectivity index (χ2n) is 8.53. The zero-order valence-electron chi connectivity index (χ0n) is 19.2. The number of benzene rings is 1. The summed E-state index contributed by atoms with van der Waals surface area (Å²) in [6.07, 6.45) is 6.56. The smallest absolute Gasteiger partial charge is 0.262 e. The van der Waals surface area contributed by atoms with Gasteiger partial charge in [0.1, 0.15) is 17.2 Å². The molecule has 1 fully saturated rings. The highest BCUT2D eigenvalue weighted by molar-refractivity contribution is 6.08. The van der Waals surface area contributed by atoms with Crippen molar-refractivity contribution in [2.24, 2.45) is 0 Å². The average Bonchev–Trinajstić information content (AvgIpc) is 3.60. The monoisotopic (exact) mass is 483 g/mol. The predicted octanol–water partition coefficient (Wildman–Crippen LogP) is 3.14. The predicted molar refractivity (Wildman–Crippen MR) is 131 cm³/mol. The van der Waals surface area contributed by atoms with Crippen molar-refractivity contribution in [2.45, 2.75) is 18.9 Å². The van der Waals surface area contributed by atoms with Crippen molar-refractivity contribution in [3.8, 4) is 16.9 Å². The molecule has 1 aliphatic rings. The molecule has 4 aromatic heterocycles. The molecule has 1 saturated heterocycles. The molecule has 0 aliphatic carbocycles. The molecule has 10 nitrogen and oxygen atoms in total. The van der Waals surface area contributed by atoms with E-state index >= 15 is 4.39 Å². The van der Waals surface area contributed by atoms with E-state index in [2.05, 4.69) is 35.8 Å². The zero-order valence-corrected chi connectivity index (χ0v) is 19.2. The lowest BCUT2D eigenvalue weighted by atomic mass is 10.0. The Morgan fingerprint density at radius 3 is 2.78 bits per heavy atom. The number of piperidine rings is 1. The highest BCUT2D eigenvalue weighted by Crippen LogP contribution is 2.32. The van der Waals surface area contributed by atoms with Gasteiger partial charge in [0.05, 0.1) is 23.0 Å². The van der Waals surface area contributed by atoms with E-state index in [9.17, 15) is 4.79 Å². The van der Waals surface area contributed by atoms with Crippen LogP contribution in [-0.2, 0) is 0 Å². The maximum Gasteiger partial charge on any atom is 0.262 e. The van der Waals surface area contributed by atoms with Crippen molar-refractivity contribution in [1.29, 1.82) is 0 Å². The SMILES string of the molecule is O=C(c1ccc(-n2nnc3cccnc32)cc1F)N(c1ncccc1-c1ccn[nH]1)C1CCCNC1. The summed E-state index contributed by atoms with van der Waals surface area (Å²) in [6, 6.07) is 13.2. The number of hydrogen-bond donors (Lipinski definition) is 2. The summed E-state index contributed by atoms with van der Waals surface area (Å²) in [5, 5.41) is 18.5. The van der Waals surface area contributed by atoms with Gasteiger partial charge < -0.3 is 5.32 Å². The molecule has 5 aromatic rings. The van der Waals surface area contributed by atoms with Crippen LogP contribution in [0.3, 0.4) is 0 Å². The standard InChI is InChI=1S/C25H22FN9O/c26-20-14-16(35-24-22(32-33-35)6-3-12-29-24)7-8-18(20)25(36)34(17-4-1-10-27-15-17)23-19(5-2-11-28-23)21-9-13-30-31-21/h2-3,5-9,11-14,17,27H,1,4,10,15H2,(H,30,31). The average molecular weight is 484 g/mol. The number of halogens is 1. The molecular formula is C25H22FN9O. The Kier molecular flexibility index (Phi) is 5.66. The second kappa shape index (κ2) is 9.27. The third-order valence-electron chi connectivity index (χ3n) is 6.30. The number of hydrogen-bond acceptors (Lipinski definition) is 7. The fraction of sp³-hybridized carbons (Fsp3) is 0.200. The number of carbonyl (C=O) groups excluding carboxylic acids is 1. The van der Waals surface area contributed by atoms with Gasteiger partial charge in [-0.15, -0.1) is 5.10 Å². The van der Waals surface area contributed by atoms with Gasteiger partial charge in [0, 0.05) is 36.8 Å². The van der Waals surface area contributed by atoms with Gasteiger partial charge in [-0.2, -0.15) is 9.78 Å². The number of amides is 1. The van der Waals surface area contributed by atoms with Gasteiger partial charge in [-0.1, -0.05) is 5.21 Å². The van der Waals surface area contributed by atoms with Gasteiger partial charge in [0.25, 0.3) is 5.91 Å². The van der Waals surface area contributed by atoms with Crippen LogP contribution in [0.5, 0.6) is 0 Å². The third kappa shape index (κ3) is 3.89. The van der Waals surface area contributed by atoms with Crippen LogP contribution in [0.2, 0.25) is 0 Å². The van der Waals surface area contributed by atoms with Gasteiger partial charge in [-0.05, 0) is 61.9 Å². The second-order valence-corrected chi connectivity index (χ2v) is 8.53. The van der Waals surface area contributed by atoms with Crippen LogP contribution < -0.4 is 10.2 Å². The summed E-state index contributed by atoms with van der Waals surface area (Å²) in [5.41, 5.74) is 2.90. The summed E-state index contributed by atoms with van der Waals surface area (Å²) in [7, 11) is 0. The third-order valence-corrected chi connectivity index (χ3v) is 6.30. The summed E-state index contributed by atoms with van der Waals surface area (Å²) in [6.45, 7) is 1.46. The van der Waals surface area contributed by atoms with Crippen LogP contribution in [0.1, 0.15) is 23.2 Å². The van der Waals surface area contributed by atoms with Crippen molar-refractivity contribution >= 4 is 22.9 Å². The number of aromatic nitrogens is 7. The molecule has 1 atom stereocenters. The van der Waals surface area contributed by atoms with Crippen LogP contribution in [0.15, 0.2) is 67.1 Å². The van der Waals surface area contributed by atoms with Crippen molar-refractivity contribution in [2.75, 3.05) is 18.0 Å². The Bertz CT molecular complexity index is 1530. The van der Waals surface area contributed by atoms with Gasteiger partial charge in [-0.3, -0.25) is 14.8 Å². The van der Waals surface area contributed by atoms with Crippen LogP contribution >= 0.6 is 0 Å². The first-order chi connectivity index (χ1) is 17.7. The van der Waals surface area contributed by atoms with Crippen molar-refractivity contribution in [1.82, 2.24) is 40.5 Å². The van der Waals surface area contributed by atoms with Gasteiger partial charge >= 0.3 is 0 Å². The molecule has 36 heavy (non-hydrogen) atoms. The molecule has 2 N–H and O–H groups in total. The van der Waals surface area contributed by atoms with Gasteiger partial charge in [0.15, 0.2) is 5.65 Å². The number of nitrogens with one attached hydrogen (secondary N) is 2. The lowest BCUT2D eigenvalue weighted by molar-refractivity contribution is 0.0967. The highest BCUT2D eigenvalue weighted by atomic mass is 19.1. The molecule has 11 heteroatoms. The maximum atomic E-state index is 15.5. The van der Waals surface area contributed by atoms with Crippen LogP contribution in [0.25, 0.3) is 28.1 Å². The van der Waals surface area contributed by atoms with Gasteiger partial charge in [-0.25, -0.2) is 14.4 Å². The minimum Gasteiger partial charge on any atom is -0.315 e. The topological polar surface area (TPSA) is 118 Å². The van der Waals surface area contributed by atoms with E-state index in [0.717, 1.165) is 25.1 Å². The lowest BCUT2D eigenvalue weighted by Crippen LogP contribution is -2.49. The summed E-state index contributed by atoms with van der Waals surface area (Å²) in [4.78, 5) is 24.4. The van der Waals surface area contributed by atoms with Crippen molar-refractivity contribution < 1.29 is 9.18 Å². The number of rotatable bonds is 5. The van der Waals surface area contributed by atoms with Crippen LogP contribution in [-0.4, -0.2) is 60.2 Å². The van der Waals surface area contributed by atoms with Crippen LogP contribution in [0, 0.1) is 5.82 Å². The number of pyridine rings is 2. The minimum absolute atomic E-state index is 0.0529. The Balaban J connectivity index is 1.41. The van der Waals surface area contributed by atoms with Gasteiger partial charge in [0.2, 0.25) is 0 Å². The van der Waals surface area contributed by atoms with Crippen LogP contribution in [0.4, 0.5) is 10.2 Å². The van der Waals surface area contributed by atoms with Crippen molar-refractivity contribution in [3.63, 3.8) is 0 Å². The summed E-state index contributed by atoms with van der Waals surface area (Å²) >= 11 is 0. The molecule has 1 aliphatic heterocycles. The van der Waals surface area contributed by atoms with E-state index in [1.807, 2.05) is 12.1 Å². The molecular weight excluding hydrogens is 461 g/mol. The Morgan fingerprint density at radius 1 is 1.08 bits per heavy atom. The molecule has 6 rings (SSSR count). The van der Waals surface area contributed by atoms with E-state index in [-0.39, 0.29) is 11.6 Å². The highest BCUT2D eigenvalue weighted by Gasteiger charge is 2.32. The number of nitrogens with zero attached hydrogens (tertiary/aromatic N) is 7. The molecule has 1 aromatic carbocycles. The normalized spacial score (nSPS) is 15.8. The molecule has 1 unspecified atom stereocenters. The Morgan fingerprint density at radius 2 is 1.97 bits per heavy atom. The zero-order chi connectivity index (χ0) is 24.5. The largest absolute Gasteiger partial charge is 0.315 e. The van der Waals surface area contributed by atoms with E-state index in [0.29, 0.717) is 34.8 Å². The summed E-state index contributed by atoms with van der Waals surface area (Å²) in [5.74, 6) is -0.672. The molecule has 5 heterocycles. The Labute approximate surface area is 205 Å². The summed E-state index contributed by atoms with van der Waals surface area (Å²) < 4.78 is 17.0. The van der Waals surface area contributed by atoms with E-state index in [1.54, 1.807) is 47.8 Å². The maximum absolute atomic E-state index is 15.5. The van der Waals surface area contributed by atoms with E-state index in [1.165, 1.54) is 16.8 Å². The number of anilines is 1. The number of aromatic amines is 1. The number of H-pyrrole nitrogens is 1. The first-order valence-corrected chi connectivity index (χ1v) is 11.7. The molecule has 0 bridgehead atoms. The van der Waals surface area contributed by atoms with Crippen molar-refractivity contribution in [3.05, 3.63) is 78.5 Å². The number of fused-ring (bicyclic) bond motifs is 1. The first kappa shape index (κ1) is 22.0. The Hall–Kier alpha value is -4.51. The molecule has 1 amide bonds. The van der Waals surface area contributed by atoms with E-state index in [4.69, 9.17) is 0 Å². The molecule has 0 saturated carbocycles. The lowest BCUT2D eigenvalue weighted by Gasteiger charge is -2.35.